The number of rotatable bonds is 19. The van der Waals surface area contributed by atoms with Gasteiger partial charge in [0.1, 0.15) is 24.3 Å². The standard InChI is InChI=1S/C31H51N5O10/c1-15(2)12-20(34-30(45)24(17(5)6)36-29(44)23(32)16(3)4)28(43)35-21(14-37)25(40)26(41)27(42)31(46)33-19(13-22(38)39)18-10-8-7-9-11-18/h7-11,15-17,19-21,23-27,37,40-42H,12-14,32H2,1-6H3,(H,33,46)(H,34,45)(H,35,43)(H,36,44)(H,38,39)/t19-,20-,21-,23+,24-,25+,26+,27-/m0/s1. The summed E-state index contributed by atoms with van der Waals surface area (Å²) in [6.45, 7) is 9.57. The van der Waals surface area contributed by atoms with Crippen molar-refractivity contribution >= 4 is 29.6 Å². The Hall–Kier alpha value is -3.63. The van der Waals surface area contributed by atoms with Crippen molar-refractivity contribution in [3.05, 3.63) is 35.9 Å². The van der Waals surface area contributed by atoms with Gasteiger partial charge in [-0.3, -0.25) is 24.0 Å². The summed E-state index contributed by atoms with van der Waals surface area (Å²) < 4.78 is 0. The minimum atomic E-state index is -2.28. The van der Waals surface area contributed by atoms with Gasteiger partial charge in [0.05, 0.1) is 31.2 Å². The van der Waals surface area contributed by atoms with Crippen molar-refractivity contribution in [1.82, 2.24) is 21.3 Å². The summed E-state index contributed by atoms with van der Waals surface area (Å²) in [5.74, 6) is -5.16. The van der Waals surface area contributed by atoms with Gasteiger partial charge in [-0.1, -0.05) is 71.9 Å². The summed E-state index contributed by atoms with van der Waals surface area (Å²) in [6.07, 6.45) is -6.98. The summed E-state index contributed by atoms with van der Waals surface area (Å²) >= 11 is 0. The van der Waals surface area contributed by atoms with Crippen LogP contribution in [-0.4, -0.2) is 104 Å². The summed E-state index contributed by atoms with van der Waals surface area (Å²) in [7, 11) is 0. The molecule has 4 amide bonds. The van der Waals surface area contributed by atoms with Crippen LogP contribution in [0.5, 0.6) is 0 Å². The fourth-order valence-electron chi connectivity index (χ4n) is 4.52. The van der Waals surface area contributed by atoms with E-state index < -0.39 is 91.1 Å². The average molecular weight is 654 g/mol. The number of benzene rings is 1. The SMILES string of the molecule is CC(C)C[C@H](NC(=O)[C@@H](NC(=O)[C@H](N)C(C)C)C(C)C)C(=O)N[C@@H](CO)[C@@H](O)[C@@H](O)[C@H](O)C(=O)N[C@@H](CC(=O)O)c1ccccc1. The third-order valence-corrected chi connectivity index (χ3v) is 7.38. The molecule has 0 radical (unpaired) electrons. The third-order valence-electron chi connectivity index (χ3n) is 7.38. The molecule has 8 atom stereocenters. The van der Waals surface area contributed by atoms with E-state index >= 15 is 0 Å². The molecule has 15 nitrogen and oxygen atoms in total. The van der Waals surface area contributed by atoms with Crippen LogP contribution in [0.2, 0.25) is 0 Å². The highest BCUT2D eigenvalue weighted by molar-refractivity contribution is 5.93. The van der Waals surface area contributed by atoms with Gasteiger partial charge in [0, 0.05) is 0 Å². The number of aliphatic hydroxyl groups is 4. The van der Waals surface area contributed by atoms with Gasteiger partial charge in [-0.15, -0.1) is 0 Å². The van der Waals surface area contributed by atoms with Gasteiger partial charge in [0.25, 0.3) is 5.91 Å². The average Bonchev–Trinajstić information content (AvgIpc) is 2.99. The van der Waals surface area contributed by atoms with Crippen LogP contribution in [0.3, 0.4) is 0 Å². The molecule has 0 saturated heterocycles. The van der Waals surface area contributed by atoms with E-state index in [1.54, 1.807) is 71.9 Å². The Balaban J connectivity index is 3.05. The zero-order valence-corrected chi connectivity index (χ0v) is 27.2. The van der Waals surface area contributed by atoms with Crippen LogP contribution >= 0.6 is 0 Å². The van der Waals surface area contributed by atoms with E-state index in [0.29, 0.717) is 5.56 Å². The van der Waals surface area contributed by atoms with Gasteiger partial charge in [-0.05, 0) is 29.7 Å². The molecule has 0 spiro atoms. The van der Waals surface area contributed by atoms with Gasteiger partial charge < -0.3 is 52.5 Å². The molecule has 260 valence electrons. The molecule has 1 aromatic rings. The van der Waals surface area contributed by atoms with Crippen LogP contribution in [0.1, 0.15) is 66.0 Å². The molecule has 0 aliphatic rings. The van der Waals surface area contributed by atoms with Crippen LogP contribution < -0.4 is 27.0 Å². The normalized spacial score (nSPS) is 16.8. The summed E-state index contributed by atoms with van der Waals surface area (Å²) in [5.41, 5.74) is 6.33. The Labute approximate surface area is 269 Å². The molecule has 0 bridgehead atoms. The molecular weight excluding hydrogens is 602 g/mol. The topological polar surface area (TPSA) is 261 Å². The van der Waals surface area contributed by atoms with Crippen molar-refractivity contribution in [2.45, 2.75) is 103 Å². The van der Waals surface area contributed by atoms with Crippen molar-refractivity contribution in [3.8, 4) is 0 Å². The van der Waals surface area contributed by atoms with Gasteiger partial charge in [0.2, 0.25) is 17.7 Å². The number of carbonyl (C=O) groups excluding carboxylic acids is 4. The maximum atomic E-state index is 13.3. The second-order valence-electron chi connectivity index (χ2n) is 12.5. The fraction of sp³-hybridized carbons (Fsp3) is 0.645. The van der Waals surface area contributed by atoms with E-state index in [0.717, 1.165) is 0 Å². The van der Waals surface area contributed by atoms with E-state index in [1.165, 1.54) is 0 Å². The van der Waals surface area contributed by atoms with Crippen molar-refractivity contribution < 1.29 is 49.5 Å². The Morgan fingerprint density at radius 2 is 1.33 bits per heavy atom. The third kappa shape index (κ3) is 12.6. The van der Waals surface area contributed by atoms with E-state index in [4.69, 9.17) is 5.73 Å². The number of aliphatic hydroxyl groups excluding tert-OH is 4. The molecule has 15 heteroatoms. The zero-order chi connectivity index (χ0) is 35.3. The van der Waals surface area contributed by atoms with Crippen molar-refractivity contribution in [2.75, 3.05) is 6.61 Å². The molecule has 0 heterocycles. The number of nitrogens with two attached hydrogens (primary N) is 1. The van der Waals surface area contributed by atoms with Crippen LogP contribution in [0, 0.1) is 17.8 Å². The Morgan fingerprint density at radius 1 is 0.739 bits per heavy atom. The van der Waals surface area contributed by atoms with Crippen molar-refractivity contribution in [2.24, 2.45) is 23.5 Å². The maximum Gasteiger partial charge on any atom is 0.305 e. The lowest BCUT2D eigenvalue weighted by molar-refractivity contribution is -0.145. The zero-order valence-electron chi connectivity index (χ0n) is 27.2. The van der Waals surface area contributed by atoms with E-state index in [2.05, 4.69) is 21.3 Å². The van der Waals surface area contributed by atoms with Crippen LogP contribution in [0.15, 0.2) is 30.3 Å². The Kier molecular flexibility index (Phi) is 16.8. The molecule has 1 rings (SSSR count). The molecule has 0 saturated carbocycles. The number of aliphatic carboxylic acids is 1. The highest BCUT2D eigenvalue weighted by Gasteiger charge is 2.38. The number of carboxylic acid groups (broad SMARTS) is 1. The first-order valence-electron chi connectivity index (χ1n) is 15.3. The van der Waals surface area contributed by atoms with Gasteiger partial charge in [-0.2, -0.15) is 0 Å². The quantitative estimate of drug-likeness (QED) is 0.0824. The van der Waals surface area contributed by atoms with Crippen LogP contribution in [-0.2, 0) is 24.0 Å². The maximum absolute atomic E-state index is 13.3. The molecule has 0 unspecified atom stereocenters. The first-order chi connectivity index (χ1) is 21.4. The number of hydrogen-bond acceptors (Lipinski definition) is 10. The molecule has 0 aliphatic carbocycles. The highest BCUT2D eigenvalue weighted by atomic mass is 16.4. The Morgan fingerprint density at radius 3 is 1.80 bits per heavy atom. The first-order valence-corrected chi connectivity index (χ1v) is 15.3. The molecular formula is C31H51N5O10. The van der Waals surface area contributed by atoms with E-state index in [-0.39, 0.29) is 24.2 Å². The number of hydrogen-bond donors (Lipinski definition) is 10. The summed E-state index contributed by atoms with van der Waals surface area (Å²) in [4.78, 5) is 63.2. The lowest BCUT2D eigenvalue weighted by atomic mass is 9.97. The molecule has 46 heavy (non-hydrogen) atoms. The van der Waals surface area contributed by atoms with Gasteiger partial charge >= 0.3 is 5.97 Å². The number of amides is 4. The lowest BCUT2D eigenvalue weighted by Crippen LogP contribution is -2.61. The molecule has 11 N–H and O–H groups in total. The van der Waals surface area contributed by atoms with Gasteiger partial charge in [-0.25, -0.2) is 0 Å². The first kappa shape index (κ1) is 40.4. The van der Waals surface area contributed by atoms with E-state index in [1.807, 2.05) is 0 Å². The van der Waals surface area contributed by atoms with E-state index in [9.17, 15) is 49.5 Å². The smallest absolute Gasteiger partial charge is 0.305 e. The molecule has 0 aromatic heterocycles. The number of carbonyl (C=O) groups is 5. The minimum Gasteiger partial charge on any atom is -0.481 e. The minimum absolute atomic E-state index is 0.116. The molecule has 1 aromatic carbocycles. The van der Waals surface area contributed by atoms with Crippen molar-refractivity contribution in [1.29, 1.82) is 0 Å². The Bertz CT molecular complexity index is 1150. The highest BCUT2D eigenvalue weighted by Crippen LogP contribution is 2.18. The summed E-state index contributed by atoms with van der Waals surface area (Å²) in [6, 6.07) is 2.30. The predicted molar refractivity (Wildman–Crippen MR) is 168 cm³/mol. The van der Waals surface area contributed by atoms with Crippen LogP contribution in [0.25, 0.3) is 0 Å². The monoisotopic (exact) mass is 653 g/mol. The largest absolute Gasteiger partial charge is 0.481 e. The van der Waals surface area contributed by atoms with Gasteiger partial charge in [0.15, 0.2) is 6.10 Å². The fourth-order valence-corrected chi connectivity index (χ4v) is 4.52. The van der Waals surface area contributed by atoms with Crippen molar-refractivity contribution in [3.63, 3.8) is 0 Å². The molecule has 0 aliphatic heterocycles. The van der Waals surface area contributed by atoms with Crippen LogP contribution in [0.4, 0.5) is 0 Å². The number of carboxylic acids is 1. The lowest BCUT2D eigenvalue weighted by Gasteiger charge is -2.31. The molecule has 0 fully saturated rings. The second-order valence-corrected chi connectivity index (χ2v) is 12.5. The summed E-state index contributed by atoms with van der Waals surface area (Å²) in [5, 5.41) is 60.9. The second kappa shape index (κ2) is 19.1. The predicted octanol–water partition coefficient (Wildman–Crippen LogP) is -1.47. The number of nitrogens with one attached hydrogen (secondary N) is 4.